The highest BCUT2D eigenvalue weighted by molar-refractivity contribution is 7.18. The van der Waals surface area contributed by atoms with Crippen molar-refractivity contribution in [1.29, 1.82) is 0 Å². The number of nitrogens with zero attached hydrogens (tertiary/aromatic N) is 2. The monoisotopic (exact) mass is 265 g/mol. The Hall–Kier alpha value is -1.20. The van der Waals surface area contributed by atoms with E-state index in [1.54, 1.807) is 11.3 Å². The number of hydrogen-bond donors (Lipinski definition) is 1. The zero-order valence-electron chi connectivity index (χ0n) is 11.1. The number of rotatable bonds is 6. The summed E-state index contributed by atoms with van der Waals surface area (Å²) >= 11 is 1.71. The second-order valence-corrected chi connectivity index (χ2v) is 5.28. The molecule has 0 aromatic carbocycles. The second-order valence-electron chi connectivity index (χ2n) is 4.04. The minimum absolute atomic E-state index is 0.679. The molecule has 0 fully saturated rings. The summed E-state index contributed by atoms with van der Waals surface area (Å²) in [4.78, 5) is 11.5. The third-order valence-electron chi connectivity index (χ3n) is 2.58. The highest BCUT2D eigenvalue weighted by Crippen LogP contribution is 2.28. The molecule has 0 saturated heterocycles. The van der Waals surface area contributed by atoms with E-state index in [1.807, 2.05) is 6.92 Å². The number of hydrogen-bond acceptors (Lipinski definition) is 5. The number of nitrogens with one attached hydrogen (secondary N) is 1. The summed E-state index contributed by atoms with van der Waals surface area (Å²) in [6.07, 6.45) is 0.763. The molecule has 0 aliphatic heterocycles. The summed E-state index contributed by atoms with van der Waals surface area (Å²) in [5.41, 5.74) is 0. The summed E-state index contributed by atoms with van der Waals surface area (Å²) in [5, 5.41) is 4.43. The van der Waals surface area contributed by atoms with Crippen molar-refractivity contribution < 1.29 is 4.74 Å². The van der Waals surface area contributed by atoms with Crippen LogP contribution in [0.25, 0.3) is 10.2 Å². The molecule has 0 saturated carbocycles. The zero-order chi connectivity index (χ0) is 13.0. The van der Waals surface area contributed by atoms with E-state index >= 15 is 0 Å². The molecule has 0 bridgehead atoms. The lowest BCUT2D eigenvalue weighted by molar-refractivity contribution is 0.149. The van der Waals surface area contributed by atoms with E-state index in [0.29, 0.717) is 6.61 Å². The molecule has 1 N–H and O–H groups in total. The molecule has 0 aliphatic rings. The zero-order valence-corrected chi connectivity index (χ0v) is 11.9. The van der Waals surface area contributed by atoms with Gasteiger partial charge in [0, 0.05) is 24.4 Å². The molecule has 2 aromatic heterocycles. The summed E-state index contributed by atoms with van der Waals surface area (Å²) in [5.74, 6) is 1.80. The van der Waals surface area contributed by atoms with Gasteiger partial charge >= 0.3 is 0 Å². The maximum absolute atomic E-state index is 5.36. The fourth-order valence-corrected chi connectivity index (χ4v) is 2.71. The van der Waals surface area contributed by atoms with Crippen molar-refractivity contribution >= 4 is 27.4 Å². The van der Waals surface area contributed by atoms with Crippen LogP contribution in [0.1, 0.15) is 24.5 Å². The van der Waals surface area contributed by atoms with E-state index in [2.05, 4.69) is 35.2 Å². The molecule has 0 amide bonds. The molecule has 0 aliphatic carbocycles. The Balaban J connectivity index is 2.30. The van der Waals surface area contributed by atoms with Crippen molar-refractivity contribution in [3.05, 3.63) is 16.8 Å². The van der Waals surface area contributed by atoms with Gasteiger partial charge in [0.25, 0.3) is 0 Å². The van der Waals surface area contributed by atoms with Gasteiger partial charge in [0.1, 0.15) is 16.5 Å². The van der Waals surface area contributed by atoms with E-state index < -0.39 is 0 Å². The fraction of sp³-hybridized carbons (Fsp3) is 0.538. The molecule has 5 heteroatoms. The van der Waals surface area contributed by atoms with Crippen LogP contribution in [0.4, 0.5) is 5.82 Å². The smallest absolute Gasteiger partial charge is 0.138 e. The summed E-state index contributed by atoms with van der Waals surface area (Å²) in [6, 6.07) is 2.14. The molecule has 0 radical (unpaired) electrons. The van der Waals surface area contributed by atoms with E-state index in [-0.39, 0.29) is 0 Å². The summed E-state index contributed by atoms with van der Waals surface area (Å²) in [6.45, 7) is 8.45. The van der Waals surface area contributed by atoms with Crippen molar-refractivity contribution in [3.8, 4) is 0 Å². The Morgan fingerprint density at radius 1 is 1.33 bits per heavy atom. The molecule has 2 aromatic rings. The van der Waals surface area contributed by atoms with Gasteiger partial charge in [-0.05, 0) is 26.8 Å². The van der Waals surface area contributed by atoms with Gasteiger partial charge in [-0.25, -0.2) is 9.97 Å². The average Bonchev–Trinajstić information content (AvgIpc) is 2.70. The third kappa shape index (κ3) is 2.97. The largest absolute Gasteiger partial charge is 0.381 e. The van der Waals surface area contributed by atoms with Gasteiger partial charge < -0.3 is 10.1 Å². The Morgan fingerprint density at radius 3 is 2.89 bits per heavy atom. The molecule has 0 unspecified atom stereocenters. The van der Waals surface area contributed by atoms with E-state index in [9.17, 15) is 0 Å². The van der Waals surface area contributed by atoms with Crippen LogP contribution < -0.4 is 5.32 Å². The topological polar surface area (TPSA) is 47.0 Å². The number of aromatic nitrogens is 2. The van der Waals surface area contributed by atoms with Crippen molar-refractivity contribution in [1.82, 2.24) is 9.97 Å². The first-order chi connectivity index (χ1) is 8.74. The summed E-state index contributed by atoms with van der Waals surface area (Å²) in [7, 11) is 0. The minimum atomic E-state index is 0.679. The Kier molecular flexibility index (Phi) is 4.49. The van der Waals surface area contributed by atoms with Crippen molar-refractivity contribution in [3.63, 3.8) is 0 Å². The quantitative estimate of drug-likeness (QED) is 0.816. The van der Waals surface area contributed by atoms with Crippen molar-refractivity contribution in [2.24, 2.45) is 0 Å². The highest BCUT2D eigenvalue weighted by Gasteiger charge is 2.09. The van der Waals surface area contributed by atoms with Crippen LogP contribution >= 0.6 is 11.3 Å². The van der Waals surface area contributed by atoms with Crippen LogP contribution in [0, 0.1) is 6.92 Å². The first-order valence-electron chi connectivity index (χ1n) is 6.33. The molecule has 2 heterocycles. The minimum Gasteiger partial charge on any atom is -0.381 e. The maximum Gasteiger partial charge on any atom is 0.138 e. The van der Waals surface area contributed by atoms with Crippen LogP contribution in [-0.2, 0) is 11.2 Å². The summed E-state index contributed by atoms with van der Waals surface area (Å²) < 4.78 is 5.36. The van der Waals surface area contributed by atoms with Crippen LogP contribution in [0.5, 0.6) is 0 Å². The lowest BCUT2D eigenvalue weighted by atomic mass is 10.3. The van der Waals surface area contributed by atoms with Crippen molar-refractivity contribution in [2.75, 3.05) is 25.1 Å². The van der Waals surface area contributed by atoms with Crippen LogP contribution in [0.15, 0.2) is 6.07 Å². The van der Waals surface area contributed by atoms with Crippen LogP contribution in [-0.4, -0.2) is 29.7 Å². The van der Waals surface area contributed by atoms with Gasteiger partial charge in [0.2, 0.25) is 0 Å². The first kappa shape index (κ1) is 13.2. The molecular formula is C13H19N3OS. The molecular weight excluding hydrogens is 246 g/mol. The Labute approximate surface area is 111 Å². The predicted molar refractivity (Wildman–Crippen MR) is 76.5 cm³/mol. The number of anilines is 1. The van der Waals surface area contributed by atoms with E-state index in [4.69, 9.17) is 4.74 Å². The van der Waals surface area contributed by atoms with Crippen LogP contribution in [0.3, 0.4) is 0 Å². The second kappa shape index (κ2) is 6.11. The standard InChI is InChI=1S/C13H19N3OS/c1-4-14-12-10-8-9(3)18-13(10)16-11(15-12)6-7-17-5-2/h8H,4-7H2,1-3H3,(H,14,15,16). The highest BCUT2D eigenvalue weighted by atomic mass is 32.1. The van der Waals surface area contributed by atoms with Crippen molar-refractivity contribution in [2.45, 2.75) is 27.2 Å². The lowest BCUT2D eigenvalue weighted by Crippen LogP contribution is -2.06. The molecule has 18 heavy (non-hydrogen) atoms. The van der Waals surface area contributed by atoms with Gasteiger partial charge in [-0.3, -0.25) is 0 Å². The van der Waals surface area contributed by atoms with Gasteiger partial charge in [0.05, 0.1) is 12.0 Å². The lowest BCUT2D eigenvalue weighted by Gasteiger charge is -2.07. The Bertz CT molecular complexity index is 524. The van der Waals surface area contributed by atoms with Gasteiger partial charge in [-0.15, -0.1) is 11.3 Å². The molecule has 0 spiro atoms. The third-order valence-corrected chi connectivity index (χ3v) is 3.52. The van der Waals surface area contributed by atoms with E-state index in [0.717, 1.165) is 41.4 Å². The molecule has 0 atom stereocenters. The SMILES string of the molecule is CCNc1nc(CCOCC)nc2sc(C)cc12. The number of thiophene rings is 1. The maximum atomic E-state index is 5.36. The molecule has 2 rings (SSSR count). The van der Waals surface area contributed by atoms with Crippen LogP contribution in [0.2, 0.25) is 0 Å². The average molecular weight is 265 g/mol. The molecule has 98 valence electrons. The molecule has 4 nitrogen and oxygen atoms in total. The number of ether oxygens (including phenoxy) is 1. The number of aryl methyl sites for hydroxylation is 1. The normalized spacial score (nSPS) is 11.1. The number of fused-ring (bicyclic) bond motifs is 1. The van der Waals surface area contributed by atoms with Gasteiger partial charge in [-0.1, -0.05) is 0 Å². The first-order valence-corrected chi connectivity index (χ1v) is 7.15. The Morgan fingerprint density at radius 2 is 2.17 bits per heavy atom. The fourth-order valence-electron chi connectivity index (χ4n) is 1.81. The van der Waals surface area contributed by atoms with Gasteiger partial charge in [-0.2, -0.15) is 0 Å². The van der Waals surface area contributed by atoms with E-state index in [1.165, 1.54) is 4.88 Å². The predicted octanol–water partition coefficient (Wildman–Crippen LogP) is 3.01. The van der Waals surface area contributed by atoms with Gasteiger partial charge in [0.15, 0.2) is 0 Å².